The molecule has 6 heteroatoms. The molecule has 1 unspecified atom stereocenters. The Morgan fingerprint density at radius 3 is 2.74 bits per heavy atom. The van der Waals surface area contributed by atoms with Gasteiger partial charge in [0.25, 0.3) is 5.56 Å². The number of rotatable bonds is 4. The van der Waals surface area contributed by atoms with Crippen molar-refractivity contribution in [2.45, 2.75) is 25.6 Å². The summed E-state index contributed by atoms with van der Waals surface area (Å²) in [7, 11) is 0. The first kappa shape index (κ1) is 15.4. The van der Waals surface area contributed by atoms with Crippen LogP contribution in [0.15, 0.2) is 52.2 Å². The van der Waals surface area contributed by atoms with Crippen LogP contribution in [0.4, 0.5) is 4.39 Å². The molecule has 1 fully saturated rings. The monoisotopic (exact) mass is 316 g/mol. The largest absolute Gasteiger partial charge is 0.358 e. The maximum Gasteiger partial charge on any atom is 0.333 e. The maximum atomic E-state index is 13.9. The minimum absolute atomic E-state index is 0.0110. The van der Waals surface area contributed by atoms with Crippen molar-refractivity contribution >= 4 is 6.08 Å². The summed E-state index contributed by atoms with van der Waals surface area (Å²) in [6, 6.07) is 9.47. The second kappa shape index (κ2) is 6.75. The average molecular weight is 316 g/mol. The van der Waals surface area contributed by atoms with E-state index in [0.717, 1.165) is 22.7 Å². The quantitative estimate of drug-likeness (QED) is 0.869. The molecular weight excluding hydrogens is 299 g/mol. The zero-order valence-corrected chi connectivity index (χ0v) is 12.5. The van der Waals surface area contributed by atoms with Crippen LogP contribution < -0.4 is 11.2 Å². The van der Waals surface area contributed by atoms with Crippen molar-refractivity contribution in [1.82, 2.24) is 9.13 Å². The molecule has 1 aliphatic heterocycles. The molecule has 1 aliphatic rings. The number of nitrogens with zero attached hydrogens (tertiary/aromatic N) is 2. The summed E-state index contributed by atoms with van der Waals surface area (Å²) >= 11 is 0. The highest BCUT2D eigenvalue weighted by molar-refractivity contribution is 5.48. The fourth-order valence-electron chi connectivity index (χ4n) is 2.59. The van der Waals surface area contributed by atoms with Gasteiger partial charge in [0.2, 0.25) is 5.82 Å². The van der Waals surface area contributed by atoms with Gasteiger partial charge in [0, 0.05) is 13.2 Å². The van der Waals surface area contributed by atoms with E-state index in [1.54, 1.807) is 12.2 Å². The van der Waals surface area contributed by atoms with Gasteiger partial charge in [-0.15, -0.1) is 0 Å². The molecule has 3 rings (SSSR count). The number of benzene rings is 1. The summed E-state index contributed by atoms with van der Waals surface area (Å²) in [6.07, 6.45) is 5.34. The molecule has 2 heterocycles. The van der Waals surface area contributed by atoms with Crippen LogP contribution in [-0.2, 0) is 11.3 Å². The fraction of sp³-hybridized carbons (Fsp3) is 0.294. The first-order chi connectivity index (χ1) is 11.2. The maximum absolute atomic E-state index is 13.9. The highest BCUT2D eigenvalue weighted by atomic mass is 19.1. The van der Waals surface area contributed by atoms with Gasteiger partial charge in [0.15, 0.2) is 0 Å². The van der Waals surface area contributed by atoms with Crippen LogP contribution in [0.5, 0.6) is 0 Å². The van der Waals surface area contributed by atoms with E-state index in [1.807, 2.05) is 30.3 Å². The molecule has 0 radical (unpaired) electrons. The standard InChI is InChI=1S/C17H17FN2O3/c18-14-12-20(15-9-5-11-23-15)17(22)19(16(14)21)10-4-8-13-6-2-1-3-7-13/h1-4,6-8,12,15H,5,9-11H2/b8-4+. The number of halogens is 1. The van der Waals surface area contributed by atoms with Gasteiger partial charge in [-0.2, -0.15) is 4.39 Å². The first-order valence-corrected chi connectivity index (χ1v) is 7.51. The SMILES string of the molecule is O=c1c(F)cn(C2CCCO2)c(=O)n1C/C=C/c1ccccc1. The molecule has 2 aromatic rings. The Bertz CT molecular complexity index is 818. The minimum Gasteiger partial charge on any atom is -0.358 e. The van der Waals surface area contributed by atoms with E-state index in [-0.39, 0.29) is 6.54 Å². The lowest BCUT2D eigenvalue weighted by Crippen LogP contribution is -2.42. The van der Waals surface area contributed by atoms with E-state index in [2.05, 4.69) is 0 Å². The number of hydrogen-bond donors (Lipinski definition) is 0. The molecular formula is C17H17FN2O3. The van der Waals surface area contributed by atoms with Crippen LogP contribution >= 0.6 is 0 Å². The van der Waals surface area contributed by atoms with Crippen LogP contribution in [0.2, 0.25) is 0 Å². The van der Waals surface area contributed by atoms with E-state index in [4.69, 9.17) is 4.74 Å². The molecule has 0 N–H and O–H groups in total. The van der Waals surface area contributed by atoms with Gasteiger partial charge in [-0.05, 0) is 18.4 Å². The molecule has 0 saturated carbocycles. The van der Waals surface area contributed by atoms with E-state index < -0.39 is 23.3 Å². The summed E-state index contributed by atoms with van der Waals surface area (Å²) in [4.78, 5) is 24.3. The van der Waals surface area contributed by atoms with Crippen LogP contribution in [-0.4, -0.2) is 15.7 Å². The predicted octanol–water partition coefficient (Wildman–Crippen LogP) is 2.17. The molecule has 120 valence electrons. The first-order valence-electron chi connectivity index (χ1n) is 7.51. The van der Waals surface area contributed by atoms with Crippen molar-refractivity contribution in [1.29, 1.82) is 0 Å². The third kappa shape index (κ3) is 3.32. The van der Waals surface area contributed by atoms with Crippen molar-refractivity contribution in [3.8, 4) is 0 Å². The Balaban J connectivity index is 1.90. The Kier molecular flexibility index (Phi) is 4.52. The molecule has 23 heavy (non-hydrogen) atoms. The lowest BCUT2D eigenvalue weighted by Gasteiger charge is -2.14. The smallest absolute Gasteiger partial charge is 0.333 e. The predicted molar refractivity (Wildman–Crippen MR) is 84.6 cm³/mol. The van der Waals surface area contributed by atoms with Gasteiger partial charge in [-0.3, -0.25) is 13.9 Å². The van der Waals surface area contributed by atoms with Crippen molar-refractivity contribution in [2.24, 2.45) is 0 Å². The Hall–Kier alpha value is -2.47. The van der Waals surface area contributed by atoms with Crippen LogP contribution in [0.25, 0.3) is 6.08 Å². The second-order valence-electron chi connectivity index (χ2n) is 5.36. The molecule has 1 aromatic heterocycles. The minimum atomic E-state index is -0.951. The van der Waals surface area contributed by atoms with Crippen molar-refractivity contribution in [3.05, 3.63) is 74.8 Å². The molecule has 1 saturated heterocycles. The molecule has 1 atom stereocenters. The van der Waals surface area contributed by atoms with Gasteiger partial charge in [0.1, 0.15) is 6.23 Å². The molecule has 0 aliphatic carbocycles. The van der Waals surface area contributed by atoms with Crippen LogP contribution in [0.3, 0.4) is 0 Å². The van der Waals surface area contributed by atoms with Gasteiger partial charge >= 0.3 is 5.69 Å². The summed E-state index contributed by atoms with van der Waals surface area (Å²) in [5, 5.41) is 0. The van der Waals surface area contributed by atoms with Crippen molar-refractivity contribution in [2.75, 3.05) is 6.61 Å². The molecule has 1 aromatic carbocycles. The van der Waals surface area contributed by atoms with Gasteiger partial charge < -0.3 is 4.74 Å². The molecule has 0 amide bonds. The van der Waals surface area contributed by atoms with E-state index >= 15 is 0 Å². The molecule has 0 bridgehead atoms. The van der Waals surface area contributed by atoms with E-state index in [1.165, 1.54) is 4.57 Å². The third-order valence-corrected chi connectivity index (χ3v) is 3.77. The highest BCUT2D eigenvalue weighted by Gasteiger charge is 2.21. The van der Waals surface area contributed by atoms with Gasteiger partial charge in [0.05, 0.1) is 6.20 Å². The van der Waals surface area contributed by atoms with Crippen molar-refractivity contribution < 1.29 is 9.13 Å². The number of allylic oxidation sites excluding steroid dienone is 1. The Labute approximate surface area is 132 Å². The summed E-state index contributed by atoms with van der Waals surface area (Å²) in [6.45, 7) is 0.544. The highest BCUT2D eigenvalue weighted by Crippen LogP contribution is 2.20. The topological polar surface area (TPSA) is 53.2 Å². The molecule has 5 nitrogen and oxygen atoms in total. The zero-order valence-electron chi connectivity index (χ0n) is 12.5. The Morgan fingerprint density at radius 1 is 1.26 bits per heavy atom. The number of aromatic nitrogens is 2. The number of hydrogen-bond acceptors (Lipinski definition) is 3. The summed E-state index contributed by atoms with van der Waals surface area (Å²) in [5.41, 5.74) is -0.528. The summed E-state index contributed by atoms with van der Waals surface area (Å²) < 4.78 is 21.3. The van der Waals surface area contributed by atoms with Gasteiger partial charge in [-0.1, -0.05) is 42.5 Å². The summed E-state index contributed by atoms with van der Waals surface area (Å²) in [5.74, 6) is -0.951. The number of ether oxygens (including phenoxy) is 1. The third-order valence-electron chi connectivity index (χ3n) is 3.77. The Morgan fingerprint density at radius 2 is 2.04 bits per heavy atom. The molecule has 0 spiro atoms. The van der Waals surface area contributed by atoms with E-state index in [0.29, 0.717) is 13.0 Å². The van der Waals surface area contributed by atoms with Crippen molar-refractivity contribution in [3.63, 3.8) is 0 Å². The lowest BCUT2D eigenvalue weighted by molar-refractivity contribution is 0.0504. The van der Waals surface area contributed by atoms with E-state index in [9.17, 15) is 14.0 Å². The average Bonchev–Trinajstić information content (AvgIpc) is 3.09. The normalized spacial score (nSPS) is 17.9. The van der Waals surface area contributed by atoms with Crippen LogP contribution in [0, 0.1) is 5.82 Å². The fourth-order valence-corrected chi connectivity index (χ4v) is 2.59. The van der Waals surface area contributed by atoms with Gasteiger partial charge in [-0.25, -0.2) is 4.79 Å². The second-order valence-corrected chi connectivity index (χ2v) is 5.36. The van der Waals surface area contributed by atoms with Crippen LogP contribution in [0.1, 0.15) is 24.6 Å². The lowest BCUT2D eigenvalue weighted by atomic mass is 10.2. The zero-order chi connectivity index (χ0) is 16.2.